The number of ether oxygens (including phenoxy) is 3. The predicted octanol–water partition coefficient (Wildman–Crippen LogP) is 9.09. The molecular weight excluding hydrogens is 564 g/mol. The highest BCUT2D eigenvalue weighted by atomic mass is 16.5. The molecule has 4 aromatic rings. The molecule has 1 heterocycles. The number of nitrogens with zero attached hydrogens (tertiary/aromatic N) is 2. The second-order valence-electron chi connectivity index (χ2n) is 11.9. The van der Waals surface area contributed by atoms with E-state index in [4.69, 9.17) is 14.2 Å². The van der Waals surface area contributed by atoms with E-state index in [-0.39, 0.29) is 17.5 Å². The highest BCUT2D eigenvalue weighted by Gasteiger charge is 2.20. The van der Waals surface area contributed by atoms with E-state index < -0.39 is 5.97 Å². The number of benzene rings is 3. The van der Waals surface area contributed by atoms with Crippen molar-refractivity contribution in [1.29, 1.82) is 0 Å². The second-order valence-corrected chi connectivity index (χ2v) is 11.9. The molecule has 0 saturated heterocycles. The summed E-state index contributed by atoms with van der Waals surface area (Å²) in [6.45, 7) is 11.4. The van der Waals surface area contributed by atoms with Gasteiger partial charge >= 0.3 is 5.97 Å². The summed E-state index contributed by atoms with van der Waals surface area (Å²) in [7, 11) is 0. The molecule has 238 valence electrons. The van der Waals surface area contributed by atoms with Crippen LogP contribution in [-0.2, 0) is 11.3 Å². The molecule has 0 saturated carbocycles. The molecule has 4 rings (SSSR count). The van der Waals surface area contributed by atoms with Gasteiger partial charge in [0.2, 0.25) is 5.91 Å². The number of unbranched alkanes of at least 4 members (excludes halogenated alkanes) is 5. The monoisotopic (exact) mass is 610 g/mol. The van der Waals surface area contributed by atoms with Crippen LogP contribution in [0.1, 0.15) is 87.8 Å². The van der Waals surface area contributed by atoms with Gasteiger partial charge in [0.25, 0.3) is 0 Å². The smallest absolute Gasteiger partial charge is 0.362 e. The fourth-order valence-electron chi connectivity index (χ4n) is 5.07. The zero-order valence-electron chi connectivity index (χ0n) is 27.3. The largest absolute Gasteiger partial charge is 0.494 e. The van der Waals surface area contributed by atoms with Crippen LogP contribution < -0.4 is 19.1 Å². The van der Waals surface area contributed by atoms with Crippen LogP contribution in [0.15, 0.2) is 72.8 Å². The van der Waals surface area contributed by atoms with Gasteiger partial charge in [-0.25, -0.2) is 9.78 Å². The van der Waals surface area contributed by atoms with Crippen molar-refractivity contribution in [3.8, 4) is 17.2 Å². The van der Waals surface area contributed by atoms with Crippen molar-refractivity contribution in [3.63, 3.8) is 0 Å². The van der Waals surface area contributed by atoms with Crippen LogP contribution in [0.3, 0.4) is 0 Å². The zero-order valence-corrected chi connectivity index (χ0v) is 27.3. The summed E-state index contributed by atoms with van der Waals surface area (Å²) in [6, 6.07) is 22.3. The highest BCUT2D eigenvalue weighted by Crippen LogP contribution is 2.34. The summed E-state index contributed by atoms with van der Waals surface area (Å²) in [5, 5.41) is 0.720. The molecule has 0 radical (unpaired) electrons. The maximum absolute atomic E-state index is 13.0. The van der Waals surface area contributed by atoms with Crippen LogP contribution >= 0.6 is 0 Å². The maximum Gasteiger partial charge on any atom is 0.362 e. The normalized spacial score (nSPS) is 11.1. The molecule has 1 aromatic heterocycles. The predicted molar refractivity (Wildman–Crippen MR) is 180 cm³/mol. The van der Waals surface area contributed by atoms with E-state index in [1.165, 1.54) is 32.1 Å². The summed E-state index contributed by atoms with van der Waals surface area (Å²) in [6.07, 6.45) is 7.35. The minimum Gasteiger partial charge on any atom is -0.494 e. The van der Waals surface area contributed by atoms with E-state index in [1.807, 2.05) is 49.4 Å². The number of pyridine rings is 1. The van der Waals surface area contributed by atoms with Crippen LogP contribution in [0.5, 0.6) is 17.2 Å². The number of carbonyl (C=O) groups excluding carboxylic acids is 2. The van der Waals surface area contributed by atoms with Gasteiger partial charge in [-0.2, -0.15) is 0 Å². The number of hydrogen-bond donors (Lipinski definition) is 0. The van der Waals surface area contributed by atoms with Crippen LogP contribution in [0.25, 0.3) is 10.9 Å². The van der Waals surface area contributed by atoms with E-state index in [2.05, 4.69) is 25.8 Å². The molecule has 0 spiro atoms. The third kappa shape index (κ3) is 9.80. The van der Waals surface area contributed by atoms with Crippen LogP contribution in [0.4, 0.5) is 5.69 Å². The van der Waals surface area contributed by atoms with E-state index >= 15 is 0 Å². The summed E-state index contributed by atoms with van der Waals surface area (Å²) in [4.78, 5) is 32.4. The Kier molecular flexibility index (Phi) is 12.4. The van der Waals surface area contributed by atoms with Crippen molar-refractivity contribution in [2.24, 2.45) is 5.92 Å². The molecule has 1 amide bonds. The molecular formula is C38H46N2O5. The number of esters is 1. The van der Waals surface area contributed by atoms with Crippen LogP contribution in [0, 0.1) is 12.8 Å². The number of rotatable bonds is 16. The van der Waals surface area contributed by atoms with Crippen molar-refractivity contribution in [1.82, 2.24) is 4.98 Å². The quantitative estimate of drug-likeness (QED) is 0.0715. The van der Waals surface area contributed by atoms with Crippen molar-refractivity contribution < 1.29 is 23.8 Å². The number of hydrogen-bond acceptors (Lipinski definition) is 6. The van der Waals surface area contributed by atoms with Gasteiger partial charge in [-0.1, -0.05) is 83.2 Å². The number of amides is 1. The molecule has 0 atom stereocenters. The van der Waals surface area contributed by atoms with E-state index in [0.717, 1.165) is 34.4 Å². The molecule has 0 aliphatic rings. The number of aryl methyl sites for hydroxylation is 1. The summed E-state index contributed by atoms with van der Waals surface area (Å²) < 4.78 is 17.7. The summed E-state index contributed by atoms with van der Waals surface area (Å²) >= 11 is 0. The molecule has 0 unspecified atom stereocenters. The van der Waals surface area contributed by atoms with E-state index in [1.54, 1.807) is 42.2 Å². The number of aromatic nitrogens is 1. The summed E-state index contributed by atoms with van der Waals surface area (Å²) in [5.74, 6) is 1.42. The van der Waals surface area contributed by atoms with Crippen molar-refractivity contribution >= 4 is 28.5 Å². The lowest BCUT2D eigenvalue weighted by Gasteiger charge is -2.24. The topological polar surface area (TPSA) is 78.0 Å². The van der Waals surface area contributed by atoms with Gasteiger partial charge in [-0.05, 0) is 66.8 Å². The summed E-state index contributed by atoms with van der Waals surface area (Å²) in [5.41, 5.74) is 3.35. The molecule has 0 aliphatic heterocycles. The van der Waals surface area contributed by atoms with Gasteiger partial charge in [-0.15, -0.1) is 0 Å². The lowest BCUT2D eigenvalue weighted by atomic mass is 10.1. The van der Waals surface area contributed by atoms with Crippen molar-refractivity contribution in [2.75, 3.05) is 18.1 Å². The first kappa shape index (κ1) is 33.5. The number of carbonyl (C=O) groups is 2. The molecule has 7 nitrogen and oxygen atoms in total. The highest BCUT2D eigenvalue weighted by molar-refractivity contribution is 5.99. The Morgan fingerprint density at radius 2 is 1.56 bits per heavy atom. The first-order chi connectivity index (χ1) is 21.7. The average Bonchev–Trinajstić information content (AvgIpc) is 3.02. The third-order valence-corrected chi connectivity index (χ3v) is 7.53. The standard InChI is InChI=1S/C38H46N2O5/c1-6-7-8-9-10-14-21-43-31-19-17-30(18-20-31)25-40(29(5)41)36-23-33-34(22-28(36)4)39-35(24-37(33)44-26-27(2)3)38(42)45-32-15-12-11-13-16-32/h11-13,15-20,22-24,27H,6-10,14,21,25-26H2,1-5H3. The third-order valence-electron chi connectivity index (χ3n) is 7.53. The Morgan fingerprint density at radius 1 is 0.844 bits per heavy atom. The molecule has 0 aliphatic carbocycles. The Balaban J connectivity index is 1.54. The van der Waals surface area contributed by atoms with Crippen molar-refractivity contribution in [2.45, 2.75) is 79.7 Å². The minimum absolute atomic E-state index is 0.0819. The van der Waals surface area contributed by atoms with Gasteiger partial charge in [0, 0.05) is 24.1 Å². The van der Waals surface area contributed by atoms with Gasteiger partial charge in [-0.3, -0.25) is 4.79 Å². The van der Waals surface area contributed by atoms with Crippen LogP contribution in [-0.4, -0.2) is 30.1 Å². The molecule has 0 fully saturated rings. The lowest BCUT2D eigenvalue weighted by molar-refractivity contribution is -0.116. The Labute approximate surface area is 267 Å². The Morgan fingerprint density at radius 3 is 2.24 bits per heavy atom. The van der Waals surface area contributed by atoms with Crippen molar-refractivity contribution in [3.05, 3.63) is 89.6 Å². The zero-order chi connectivity index (χ0) is 32.2. The fraction of sp³-hybridized carbons (Fsp3) is 0.395. The molecule has 45 heavy (non-hydrogen) atoms. The minimum atomic E-state index is -0.566. The van der Waals surface area contributed by atoms with Crippen LogP contribution in [0.2, 0.25) is 0 Å². The SMILES string of the molecule is CCCCCCCCOc1ccc(CN(C(C)=O)c2cc3c(OCC(C)C)cc(C(=O)Oc4ccccc4)nc3cc2C)cc1. The van der Waals surface area contributed by atoms with E-state index in [0.29, 0.717) is 36.8 Å². The van der Waals surface area contributed by atoms with Gasteiger partial charge in [0.15, 0.2) is 5.69 Å². The first-order valence-electron chi connectivity index (χ1n) is 16.1. The van der Waals surface area contributed by atoms with E-state index in [9.17, 15) is 9.59 Å². The van der Waals surface area contributed by atoms with Gasteiger partial charge in [0.1, 0.15) is 17.2 Å². The Hall–Kier alpha value is -4.39. The molecule has 7 heteroatoms. The lowest BCUT2D eigenvalue weighted by Crippen LogP contribution is -2.28. The number of para-hydroxylation sites is 1. The van der Waals surface area contributed by atoms with Gasteiger partial charge < -0.3 is 19.1 Å². The second kappa shape index (κ2) is 16.6. The molecule has 0 bridgehead atoms. The average molecular weight is 611 g/mol. The fourth-order valence-corrected chi connectivity index (χ4v) is 5.07. The number of fused-ring (bicyclic) bond motifs is 1. The molecule has 3 aromatic carbocycles. The first-order valence-corrected chi connectivity index (χ1v) is 16.1. The number of anilines is 1. The molecule has 0 N–H and O–H groups in total. The maximum atomic E-state index is 13.0. The Bertz CT molecular complexity index is 1550. The van der Waals surface area contributed by atoms with Gasteiger partial charge in [0.05, 0.1) is 25.3 Å².